The van der Waals surface area contributed by atoms with E-state index in [0.29, 0.717) is 27.4 Å². The van der Waals surface area contributed by atoms with E-state index in [1.807, 2.05) is 0 Å². The summed E-state index contributed by atoms with van der Waals surface area (Å²) < 4.78 is 4.96. The van der Waals surface area contributed by atoms with Crippen molar-refractivity contribution >= 4 is 29.1 Å². The van der Waals surface area contributed by atoms with E-state index in [1.165, 1.54) is 7.11 Å². The molecule has 1 N–H and O–H groups in total. The highest BCUT2D eigenvalue weighted by Crippen LogP contribution is 2.44. The summed E-state index contributed by atoms with van der Waals surface area (Å²) in [6.45, 7) is 1.68. The molecule has 0 spiro atoms. The predicted octanol–water partition coefficient (Wildman–Crippen LogP) is 3.81. The molecule has 2 aromatic rings. The fourth-order valence-corrected chi connectivity index (χ4v) is 4.06. The summed E-state index contributed by atoms with van der Waals surface area (Å²) in [6, 6.07) is 13.6. The summed E-state index contributed by atoms with van der Waals surface area (Å²) in [5, 5.41) is 3.37. The van der Waals surface area contributed by atoms with Gasteiger partial charge in [0.15, 0.2) is 5.78 Å². The molecule has 6 heteroatoms. The maximum Gasteiger partial charge on any atom is 0.336 e. The van der Waals surface area contributed by atoms with Crippen molar-refractivity contribution in [1.82, 2.24) is 5.32 Å². The van der Waals surface area contributed by atoms with Gasteiger partial charge >= 0.3 is 5.97 Å². The molecule has 140 valence electrons. The van der Waals surface area contributed by atoms with Crippen molar-refractivity contribution in [3.63, 3.8) is 0 Å². The van der Waals surface area contributed by atoms with Gasteiger partial charge in [0, 0.05) is 27.4 Å². The summed E-state index contributed by atoms with van der Waals surface area (Å²) in [4.78, 5) is 39.1. The molecule has 0 bridgehead atoms. The van der Waals surface area contributed by atoms with Crippen molar-refractivity contribution in [1.29, 1.82) is 0 Å². The zero-order chi connectivity index (χ0) is 20.0. The van der Waals surface area contributed by atoms with Crippen LogP contribution in [0, 0.1) is 0 Å². The van der Waals surface area contributed by atoms with Crippen molar-refractivity contribution in [2.45, 2.75) is 12.8 Å². The van der Waals surface area contributed by atoms with E-state index in [-0.39, 0.29) is 28.4 Å². The molecule has 5 nitrogen and oxygen atoms in total. The van der Waals surface area contributed by atoms with E-state index in [0.717, 1.165) is 0 Å². The van der Waals surface area contributed by atoms with Crippen LogP contribution in [-0.2, 0) is 9.53 Å². The lowest BCUT2D eigenvalue weighted by molar-refractivity contribution is -0.136. The maximum atomic E-state index is 13.4. The third-order valence-corrected chi connectivity index (χ3v) is 5.42. The Balaban J connectivity index is 2.01. The molecule has 2 aliphatic rings. The van der Waals surface area contributed by atoms with Gasteiger partial charge in [0.05, 0.1) is 24.3 Å². The Kier molecular flexibility index (Phi) is 4.40. The molecule has 1 heterocycles. The molecule has 1 aliphatic heterocycles. The van der Waals surface area contributed by atoms with Gasteiger partial charge in [-0.15, -0.1) is 0 Å². The lowest BCUT2D eigenvalue weighted by Gasteiger charge is -2.34. The normalized spacial score (nSPS) is 18.5. The van der Waals surface area contributed by atoms with Gasteiger partial charge in [-0.2, -0.15) is 0 Å². The number of halogens is 1. The first-order valence-corrected chi connectivity index (χ1v) is 9.06. The molecular formula is C22H16ClNO4. The first-order valence-electron chi connectivity index (χ1n) is 8.68. The topological polar surface area (TPSA) is 72.5 Å². The van der Waals surface area contributed by atoms with Crippen LogP contribution in [0.25, 0.3) is 0 Å². The number of allylic oxidation sites excluding steroid dienone is 3. The van der Waals surface area contributed by atoms with E-state index >= 15 is 0 Å². The smallest absolute Gasteiger partial charge is 0.336 e. The number of nitrogens with one attached hydrogen (secondary N) is 1. The summed E-state index contributed by atoms with van der Waals surface area (Å²) in [6.07, 6.45) is 0. The summed E-state index contributed by atoms with van der Waals surface area (Å²) in [7, 11) is 1.28. The number of methoxy groups -OCH3 is 1. The number of carbonyl (C=O) groups is 3. The fourth-order valence-electron chi connectivity index (χ4n) is 3.81. The minimum Gasteiger partial charge on any atom is -0.466 e. The monoisotopic (exact) mass is 393 g/mol. The van der Waals surface area contributed by atoms with Crippen LogP contribution in [0.3, 0.4) is 0 Å². The molecule has 0 amide bonds. The molecule has 1 unspecified atom stereocenters. The van der Waals surface area contributed by atoms with Crippen LogP contribution in [0.5, 0.6) is 0 Å². The number of fused-ring (bicyclic) bond motifs is 1. The Morgan fingerprint density at radius 2 is 1.61 bits per heavy atom. The minimum atomic E-state index is -0.804. The number of ketones is 2. The lowest BCUT2D eigenvalue weighted by atomic mass is 9.73. The number of benzene rings is 2. The Bertz CT molecular complexity index is 1110. The molecule has 0 saturated carbocycles. The van der Waals surface area contributed by atoms with Gasteiger partial charge in [-0.1, -0.05) is 54.1 Å². The van der Waals surface area contributed by atoms with Crippen LogP contribution in [0.15, 0.2) is 71.1 Å². The number of Topliss-reactive ketones (excluding diaryl/α,β-unsaturated/α-hetero) is 2. The van der Waals surface area contributed by atoms with Gasteiger partial charge in [-0.25, -0.2) is 4.79 Å². The lowest BCUT2D eigenvalue weighted by Crippen LogP contribution is -2.38. The van der Waals surface area contributed by atoms with Crippen molar-refractivity contribution < 1.29 is 19.1 Å². The van der Waals surface area contributed by atoms with Crippen LogP contribution in [-0.4, -0.2) is 24.6 Å². The number of esters is 1. The zero-order valence-electron chi connectivity index (χ0n) is 15.2. The third-order valence-electron chi connectivity index (χ3n) is 5.07. The molecule has 2 aromatic carbocycles. The molecule has 4 rings (SSSR count). The van der Waals surface area contributed by atoms with Crippen LogP contribution >= 0.6 is 11.6 Å². The van der Waals surface area contributed by atoms with E-state index in [9.17, 15) is 14.4 Å². The molecule has 0 saturated heterocycles. The van der Waals surface area contributed by atoms with E-state index in [1.54, 1.807) is 55.5 Å². The first kappa shape index (κ1) is 18.2. The van der Waals surface area contributed by atoms with Crippen molar-refractivity contribution in [2.24, 2.45) is 0 Å². The third kappa shape index (κ3) is 2.59. The van der Waals surface area contributed by atoms with Crippen molar-refractivity contribution in [3.8, 4) is 0 Å². The van der Waals surface area contributed by atoms with Crippen LogP contribution in [0.2, 0.25) is 5.02 Å². The molecule has 0 radical (unpaired) electrons. The van der Waals surface area contributed by atoms with Gasteiger partial charge in [-0.3, -0.25) is 9.59 Å². The number of dihydropyridines is 1. The Morgan fingerprint density at radius 3 is 2.25 bits per heavy atom. The van der Waals surface area contributed by atoms with Crippen LogP contribution in [0.1, 0.15) is 39.1 Å². The zero-order valence-corrected chi connectivity index (χ0v) is 16.0. The number of ether oxygens (including phenoxy) is 1. The average Bonchev–Trinajstić information content (AvgIpc) is 2.71. The number of rotatable bonds is 2. The van der Waals surface area contributed by atoms with E-state index < -0.39 is 11.9 Å². The standard InChI is InChI=1S/C22H16ClNO4/c1-11-16(22(27)28-2)17(14-9-5-6-10-15(14)23)18-19(24-11)21(26)13-8-4-3-7-12(13)20(18)25/h3-10,17,24H,1-2H3. The highest BCUT2D eigenvalue weighted by atomic mass is 35.5. The second-order valence-corrected chi connectivity index (χ2v) is 7.01. The Morgan fingerprint density at radius 1 is 1.00 bits per heavy atom. The maximum absolute atomic E-state index is 13.4. The SMILES string of the molecule is COC(=O)C1=C(C)NC2=C(C(=O)c3ccccc3C2=O)C1c1ccccc1Cl. The van der Waals surface area contributed by atoms with Crippen LogP contribution < -0.4 is 5.32 Å². The average molecular weight is 394 g/mol. The van der Waals surface area contributed by atoms with E-state index in [2.05, 4.69) is 5.32 Å². The van der Waals surface area contributed by atoms with Gasteiger partial charge in [0.2, 0.25) is 5.78 Å². The minimum absolute atomic E-state index is 0.179. The molecule has 1 atom stereocenters. The summed E-state index contributed by atoms with van der Waals surface area (Å²) >= 11 is 6.42. The highest BCUT2D eigenvalue weighted by molar-refractivity contribution is 6.32. The molecule has 28 heavy (non-hydrogen) atoms. The number of hydrogen-bond acceptors (Lipinski definition) is 5. The highest BCUT2D eigenvalue weighted by Gasteiger charge is 2.44. The predicted molar refractivity (Wildman–Crippen MR) is 104 cm³/mol. The van der Waals surface area contributed by atoms with Gasteiger partial charge in [0.25, 0.3) is 0 Å². The van der Waals surface area contributed by atoms with Crippen LogP contribution in [0.4, 0.5) is 0 Å². The summed E-state index contributed by atoms with van der Waals surface area (Å²) in [5.74, 6) is -1.98. The second-order valence-electron chi connectivity index (χ2n) is 6.60. The number of hydrogen-bond donors (Lipinski definition) is 1. The van der Waals surface area contributed by atoms with Gasteiger partial charge in [-0.05, 0) is 18.6 Å². The van der Waals surface area contributed by atoms with Crippen molar-refractivity contribution in [3.05, 3.63) is 92.8 Å². The van der Waals surface area contributed by atoms with Gasteiger partial charge in [0.1, 0.15) is 0 Å². The largest absolute Gasteiger partial charge is 0.466 e. The van der Waals surface area contributed by atoms with E-state index in [4.69, 9.17) is 16.3 Å². The molecule has 1 aliphatic carbocycles. The van der Waals surface area contributed by atoms with Crippen molar-refractivity contribution in [2.75, 3.05) is 7.11 Å². The quantitative estimate of drug-likeness (QED) is 0.785. The molecule has 0 aromatic heterocycles. The fraction of sp³-hybridized carbons (Fsp3) is 0.136. The summed E-state index contributed by atoms with van der Waals surface area (Å²) in [5.41, 5.74) is 2.32. The first-order chi connectivity index (χ1) is 13.5. The molecule has 0 fully saturated rings. The van der Waals surface area contributed by atoms with Gasteiger partial charge < -0.3 is 10.1 Å². The second kappa shape index (κ2) is 6.77. The Hall–Kier alpha value is -3.18. The Labute approximate surface area is 166 Å². The molecular weight excluding hydrogens is 378 g/mol. The number of carbonyl (C=O) groups excluding carboxylic acids is 3.